The number of rotatable bonds is 6. The smallest absolute Gasteiger partial charge is 0.234 e. The Kier molecular flexibility index (Phi) is 6.15. The van der Waals surface area contributed by atoms with Crippen LogP contribution in [0.25, 0.3) is 10.9 Å². The number of thioether (sulfide) groups is 1. The summed E-state index contributed by atoms with van der Waals surface area (Å²) in [5, 5.41) is 13.3. The Morgan fingerprint density at radius 2 is 1.57 bits per heavy atom. The van der Waals surface area contributed by atoms with Crippen molar-refractivity contribution in [1.29, 1.82) is 0 Å². The molecule has 0 atom stereocenters. The fraction of sp³-hybridized carbons (Fsp3) is 0.0833. The number of anilines is 1. The number of aromatic nitrogens is 1. The summed E-state index contributed by atoms with van der Waals surface area (Å²) in [4.78, 5) is 17.0. The predicted molar refractivity (Wildman–Crippen MR) is 123 cm³/mol. The molecule has 1 aromatic heterocycles. The first-order valence-corrected chi connectivity index (χ1v) is 10.5. The van der Waals surface area contributed by atoms with Crippen LogP contribution in [0.4, 0.5) is 17.1 Å². The van der Waals surface area contributed by atoms with E-state index in [0.29, 0.717) is 5.75 Å². The number of carbonyl (C=O) groups is 1. The summed E-state index contributed by atoms with van der Waals surface area (Å²) in [6, 6.07) is 26.9. The number of benzene rings is 3. The zero-order chi connectivity index (χ0) is 20.8. The van der Waals surface area contributed by atoms with Gasteiger partial charge in [-0.05, 0) is 61.0 Å². The highest BCUT2D eigenvalue weighted by atomic mass is 32.2. The lowest BCUT2D eigenvalue weighted by molar-refractivity contribution is -0.113. The van der Waals surface area contributed by atoms with Crippen molar-refractivity contribution in [3.05, 3.63) is 90.5 Å². The van der Waals surface area contributed by atoms with Gasteiger partial charge in [0, 0.05) is 11.1 Å². The van der Waals surface area contributed by atoms with Crippen molar-refractivity contribution in [3.63, 3.8) is 0 Å². The van der Waals surface area contributed by atoms with Crippen molar-refractivity contribution < 1.29 is 4.79 Å². The lowest BCUT2D eigenvalue weighted by Gasteiger charge is -2.07. The van der Waals surface area contributed by atoms with Gasteiger partial charge in [0.15, 0.2) is 0 Å². The number of nitrogens with zero attached hydrogens (tertiary/aromatic N) is 3. The Labute approximate surface area is 179 Å². The van der Waals surface area contributed by atoms with Crippen molar-refractivity contribution in [2.75, 3.05) is 11.1 Å². The molecule has 30 heavy (non-hydrogen) atoms. The van der Waals surface area contributed by atoms with Crippen LogP contribution in [-0.4, -0.2) is 16.6 Å². The molecule has 0 saturated carbocycles. The van der Waals surface area contributed by atoms with E-state index in [1.165, 1.54) is 11.8 Å². The average Bonchev–Trinajstić information content (AvgIpc) is 2.78. The van der Waals surface area contributed by atoms with E-state index in [2.05, 4.69) is 33.5 Å². The maximum Gasteiger partial charge on any atom is 0.234 e. The molecule has 1 heterocycles. The van der Waals surface area contributed by atoms with Crippen molar-refractivity contribution in [2.45, 2.75) is 11.9 Å². The molecule has 0 aliphatic rings. The van der Waals surface area contributed by atoms with Gasteiger partial charge >= 0.3 is 0 Å². The molecule has 0 radical (unpaired) electrons. The van der Waals surface area contributed by atoms with Crippen LogP contribution in [0.2, 0.25) is 0 Å². The molecule has 0 aliphatic carbocycles. The average molecular weight is 413 g/mol. The SMILES string of the molecule is Cc1cc(SCC(=O)Nc2ccc(N=Nc3ccccc3)cc2)nc2ccccc12. The zero-order valence-corrected chi connectivity index (χ0v) is 17.3. The Morgan fingerprint density at radius 3 is 2.33 bits per heavy atom. The first kappa shape index (κ1) is 19.8. The molecule has 4 aromatic rings. The molecule has 4 rings (SSSR count). The Bertz CT molecular complexity index is 1190. The second-order valence-corrected chi connectivity index (χ2v) is 7.71. The van der Waals surface area contributed by atoms with Crippen LogP contribution >= 0.6 is 11.8 Å². The number of hydrogen-bond donors (Lipinski definition) is 1. The third-order valence-corrected chi connectivity index (χ3v) is 5.35. The molecule has 1 amide bonds. The van der Waals surface area contributed by atoms with E-state index < -0.39 is 0 Å². The van der Waals surface area contributed by atoms with E-state index in [9.17, 15) is 4.79 Å². The Balaban J connectivity index is 1.33. The van der Waals surface area contributed by atoms with Gasteiger partial charge in [0.2, 0.25) is 5.91 Å². The highest BCUT2D eigenvalue weighted by molar-refractivity contribution is 7.99. The van der Waals surface area contributed by atoms with Gasteiger partial charge in [-0.25, -0.2) is 4.98 Å². The van der Waals surface area contributed by atoms with Gasteiger partial charge in [0.05, 0.1) is 27.7 Å². The lowest BCUT2D eigenvalue weighted by Crippen LogP contribution is -2.13. The molecular formula is C24H20N4OS. The minimum Gasteiger partial charge on any atom is -0.325 e. The minimum absolute atomic E-state index is 0.0775. The minimum atomic E-state index is -0.0775. The van der Waals surface area contributed by atoms with E-state index in [0.717, 1.165) is 38.6 Å². The number of para-hydroxylation sites is 1. The topological polar surface area (TPSA) is 66.7 Å². The molecule has 6 heteroatoms. The first-order chi connectivity index (χ1) is 14.7. The number of hydrogen-bond acceptors (Lipinski definition) is 5. The monoisotopic (exact) mass is 412 g/mol. The summed E-state index contributed by atoms with van der Waals surface area (Å²) in [7, 11) is 0. The van der Waals surface area contributed by atoms with Gasteiger partial charge in [-0.15, -0.1) is 0 Å². The molecule has 148 valence electrons. The maximum absolute atomic E-state index is 12.3. The Hall–Kier alpha value is -3.51. The number of pyridine rings is 1. The molecule has 3 aromatic carbocycles. The van der Waals surface area contributed by atoms with Gasteiger partial charge in [-0.3, -0.25) is 4.79 Å². The van der Waals surface area contributed by atoms with Crippen LogP contribution in [0.15, 0.2) is 100 Å². The standard InChI is InChI=1S/C24H20N4OS/c1-17-15-24(26-22-10-6-5-9-21(17)22)30-16-23(29)25-18-11-13-20(14-12-18)28-27-19-7-3-2-4-8-19/h2-15H,16H2,1H3,(H,25,29). The van der Waals surface area contributed by atoms with Gasteiger partial charge in [0.1, 0.15) is 0 Å². The van der Waals surface area contributed by atoms with E-state index in [1.807, 2.05) is 78.9 Å². The van der Waals surface area contributed by atoms with Gasteiger partial charge in [-0.2, -0.15) is 10.2 Å². The van der Waals surface area contributed by atoms with Crippen LogP contribution in [-0.2, 0) is 4.79 Å². The number of nitrogens with one attached hydrogen (secondary N) is 1. The van der Waals surface area contributed by atoms with E-state index in [-0.39, 0.29) is 5.91 Å². The van der Waals surface area contributed by atoms with Crippen LogP contribution in [0.1, 0.15) is 5.56 Å². The van der Waals surface area contributed by atoms with Gasteiger partial charge < -0.3 is 5.32 Å². The highest BCUT2D eigenvalue weighted by Gasteiger charge is 2.07. The molecular weight excluding hydrogens is 392 g/mol. The summed E-state index contributed by atoms with van der Waals surface area (Å²) in [6.07, 6.45) is 0. The molecule has 0 bridgehead atoms. The van der Waals surface area contributed by atoms with Crippen LogP contribution in [0.3, 0.4) is 0 Å². The van der Waals surface area contributed by atoms with E-state index in [1.54, 1.807) is 0 Å². The third kappa shape index (κ3) is 5.10. The van der Waals surface area contributed by atoms with Crippen molar-refractivity contribution in [2.24, 2.45) is 10.2 Å². The fourth-order valence-corrected chi connectivity index (χ4v) is 3.72. The second kappa shape index (κ2) is 9.33. The summed E-state index contributed by atoms with van der Waals surface area (Å²) in [6.45, 7) is 2.06. The molecule has 1 N–H and O–H groups in total. The number of amides is 1. The van der Waals surface area contributed by atoms with Crippen LogP contribution in [0.5, 0.6) is 0 Å². The van der Waals surface area contributed by atoms with E-state index >= 15 is 0 Å². The molecule has 5 nitrogen and oxygen atoms in total. The third-order valence-electron chi connectivity index (χ3n) is 4.44. The van der Waals surface area contributed by atoms with Gasteiger partial charge in [0.25, 0.3) is 0 Å². The number of carbonyl (C=O) groups excluding carboxylic acids is 1. The fourth-order valence-electron chi connectivity index (χ4n) is 2.95. The summed E-state index contributed by atoms with van der Waals surface area (Å²) < 4.78 is 0. The van der Waals surface area contributed by atoms with Crippen LogP contribution < -0.4 is 5.32 Å². The quantitative estimate of drug-likeness (QED) is 0.283. The predicted octanol–water partition coefficient (Wildman–Crippen LogP) is 6.69. The van der Waals surface area contributed by atoms with Crippen LogP contribution in [0, 0.1) is 6.92 Å². The van der Waals surface area contributed by atoms with Crippen molar-refractivity contribution in [3.8, 4) is 0 Å². The Morgan fingerprint density at radius 1 is 0.900 bits per heavy atom. The molecule has 0 fully saturated rings. The largest absolute Gasteiger partial charge is 0.325 e. The summed E-state index contributed by atoms with van der Waals surface area (Å²) in [5.41, 5.74) is 4.35. The molecule has 0 saturated heterocycles. The number of azo groups is 1. The number of fused-ring (bicyclic) bond motifs is 1. The molecule has 0 spiro atoms. The van der Waals surface area contributed by atoms with E-state index in [4.69, 9.17) is 0 Å². The molecule has 0 unspecified atom stereocenters. The normalized spacial score (nSPS) is 11.1. The second-order valence-electron chi connectivity index (χ2n) is 6.71. The molecule has 0 aliphatic heterocycles. The first-order valence-electron chi connectivity index (χ1n) is 9.53. The maximum atomic E-state index is 12.3. The zero-order valence-electron chi connectivity index (χ0n) is 16.4. The van der Waals surface area contributed by atoms with Crippen molar-refractivity contribution >= 4 is 45.6 Å². The summed E-state index contributed by atoms with van der Waals surface area (Å²) in [5.74, 6) is 0.214. The van der Waals surface area contributed by atoms with Gasteiger partial charge in [-0.1, -0.05) is 48.2 Å². The highest BCUT2D eigenvalue weighted by Crippen LogP contribution is 2.24. The number of aryl methyl sites for hydroxylation is 1. The van der Waals surface area contributed by atoms with Crippen molar-refractivity contribution in [1.82, 2.24) is 4.98 Å². The summed E-state index contributed by atoms with van der Waals surface area (Å²) >= 11 is 1.43. The lowest BCUT2D eigenvalue weighted by atomic mass is 10.1.